The van der Waals surface area contributed by atoms with Gasteiger partial charge in [0, 0.05) is 5.56 Å². The zero-order chi connectivity index (χ0) is 14.7. The highest BCUT2D eigenvalue weighted by atomic mass is 16.3. The van der Waals surface area contributed by atoms with Crippen molar-refractivity contribution in [3.63, 3.8) is 0 Å². The molecule has 1 aliphatic carbocycles. The minimum absolute atomic E-state index is 0.0160. The van der Waals surface area contributed by atoms with E-state index in [2.05, 4.69) is 47.7 Å². The lowest BCUT2D eigenvalue weighted by Crippen LogP contribution is -2.43. The van der Waals surface area contributed by atoms with Crippen molar-refractivity contribution in [2.45, 2.75) is 51.2 Å². The van der Waals surface area contributed by atoms with E-state index >= 15 is 0 Å². The molecule has 3 nitrogen and oxygen atoms in total. The summed E-state index contributed by atoms with van der Waals surface area (Å²) in [5.41, 5.74) is 3.30. The number of benzene rings is 1. The average Bonchev–Trinajstić information content (AvgIpc) is 3.03. The number of aromatic nitrogens is 2. The second-order valence-electron chi connectivity index (χ2n) is 7.44. The Balaban J connectivity index is 1.79. The molecule has 2 heterocycles. The van der Waals surface area contributed by atoms with Crippen LogP contribution in [0.1, 0.15) is 51.1 Å². The molecule has 1 atom stereocenters. The van der Waals surface area contributed by atoms with Gasteiger partial charge in [-0.05, 0) is 36.7 Å². The van der Waals surface area contributed by atoms with E-state index in [1.54, 1.807) is 0 Å². The lowest BCUT2D eigenvalue weighted by molar-refractivity contribution is -0.0529. The lowest BCUT2D eigenvalue weighted by Gasteiger charge is -2.44. The van der Waals surface area contributed by atoms with E-state index in [1.165, 1.54) is 11.1 Å². The normalized spacial score (nSPS) is 25.4. The van der Waals surface area contributed by atoms with Gasteiger partial charge in [0.15, 0.2) is 0 Å². The van der Waals surface area contributed by atoms with Gasteiger partial charge in [-0.15, -0.1) is 0 Å². The number of imidazole rings is 1. The summed E-state index contributed by atoms with van der Waals surface area (Å²) in [5.74, 6) is 0. The Morgan fingerprint density at radius 3 is 2.62 bits per heavy atom. The van der Waals surface area contributed by atoms with Crippen LogP contribution in [0, 0.1) is 5.41 Å². The van der Waals surface area contributed by atoms with Gasteiger partial charge in [0.25, 0.3) is 0 Å². The SMILES string of the molecule is CC1(C)CCC(O)([C@H]2c3ccccc3-c3cncn32)CC1. The lowest BCUT2D eigenvalue weighted by atomic mass is 9.67. The first-order valence-electron chi connectivity index (χ1n) is 7.84. The third-order valence-electron chi connectivity index (χ3n) is 5.45. The molecule has 0 saturated heterocycles. The highest BCUT2D eigenvalue weighted by Gasteiger charge is 2.47. The Kier molecular flexibility index (Phi) is 2.62. The topological polar surface area (TPSA) is 38.1 Å². The largest absolute Gasteiger partial charge is 0.387 e. The first-order valence-corrected chi connectivity index (χ1v) is 7.84. The van der Waals surface area contributed by atoms with Crippen molar-refractivity contribution >= 4 is 0 Å². The van der Waals surface area contributed by atoms with E-state index in [9.17, 15) is 5.11 Å². The Hall–Kier alpha value is -1.61. The smallest absolute Gasteiger partial charge is 0.0957 e. The van der Waals surface area contributed by atoms with Crippen molar-refractivity contribution in [1.82, 2.24) is 9.55 Å². The van der Waals surface area contributed by atoms with E-state index in [4.69, 9.17) is 0 Å². The van der Waals surface area contributed by atoms with Crippen LogP contribution in [0.25, 0.3) is 11.3 Å². The van der Waals surface area contributed by atoms with Crippen LogP contribution in [-0.2, 0) is 0 Å². The summed E-state index contributed by atoms with van der Waals surface area (Å²) >= 11 is 0. The number of fused-ring (bicyclic) bond motifs is 3. The minimum atomic E-state index is -0.655. The molecule has 0 unspecified atom stereocenters. The molecule has 0 amide bonds. The molecule has 110 valence electrons. The Morgan fingerprint density at radius 1 is 1.14 bits per heavy atom. The quantitative estimate of drug-likeness (QED) is 0.864. The molecule has 1 saturated carbocycles. The maximum absolute atomic E-state index is 11.4. The summed E-state index contributed by atoms with van der Waals surface area (Å²) < 4.78 is 2.17. The molecule has 2 aliphatic rings. The third-order valence-corrected chi connectivity index (χ3v) is 5.45. The maximum atomic E-state index is 11.4. The summed E-state index contributed by atoms with van der Waals surface area (Å²) in [7, 11) is 0. The summed E-state index contributed by atoms with van der Waals surface area (Å²) in [6.45, 7) is 4.61. The average molecular weight is 282 g/mol. The monoisotopic (exact) mass is 282 g/mol. The molecule has 1 aliphatic heterocycles. The van der Waals surface area contributed by atoms with Crippen LogP contribution in [0.15, 0.2) is 36.8 Å². The maximum Gasteiger partial charge on any atom is 0.0957 e. The Bertz CT molecular complexity index is 676. The van der Waals surface area contributed by atoms with Gasteiger partial charge in [-0.25, -0.2) is 4.98 Å². The van der Waals surface area contributed by atoms with Crippen LogP contribution in [0.5, 0.6) is 0 Å². The summed E-state index contributed by atoms with van der Waals surface area (Å²) in [6, 6.07) is 8.44. The third kappa shape index (κ3) is 1.87. The Labute approximate surface area is 125 Å². The predicted octanol–water partition coefficient (Wildman–Crippen LogP) is 3.78. The summed E-state index contributed by atoms with van der Waals surface area (Å²) in [5, 5.41) is 11.4. The van der Waals surface area contributed by atoms with Crippen LogP contribution in [0.3, 0.4) is 0 Å². The highest BCUT2D eigenvalue weighted by molar-refractivity contribution is 5.69. The molecule has 3 heteroatoms. The standard InChI is InChI=1S/C18H22N2O/c1-17(2)7-9-18(21,10-8-17)16-14-6-4-3-5-13(14)15-11-19-12-20(15)16/h3-6,11-12,16,21H,7-10H2,1-2H3/t16-/m1/s1. The van der Waals surface area contributed by atoms with Gasteiger partial charge in [-0.3, -0.25) is 0 Å². The molecular formula is C18H22N2O. The highest BCUT2D eigenvalue weighted by Crippen LogP contribution is 2.51. The van der Waals surface area contributed by atoms with Crippen LogP contribution in [0.2, 0.25) is 0 Å². The number of hydrogen-bond acceptors (Lipinski definition) is 2. The Morgan fingerprint density at radius 2 is 1.86 bits per heavy atom. The second-order valence-corrected chi connectivity index (χ2v) is 7.44. The number of aliphatic hydroxyl groups is 1. The van der Waals surface area contributed by atoms with Gasteiger partial charge in [0.05, 0.1) is 29.9 Å². The second kappa shape index (κ2) is 4.20. The molecule has 2 aromatic rings. The van der Waals surface area contributed by atoms with Gasteiger partial charge in [-0.1, -0.05) is 38.1 Å². The van der Waals surface area contributed by atoms with Gasteiger partial charge >= 0.3 is 0 Å². The van der Waals surface area contributed by atoms with Gasteiger partial charge < -0.3 is 9.67 Å². The van der Waals surface area contributed by atoms with Gasteiger partial charge in [0.2, 0.25) is 0 Å². The molecule has 0 bridgehead atoms. The zero-order valence-electron chi connectivity index (χ0n) is 12.7. The van der Waals surface area contributed by atoms with Crippen LogP contribution in [-0.4, -0.2) is 20.3 Å². The molecular weight excluding hydrogens is 260 g/mol. The molecule has 0 spiro atoms. The van der Waals surface area contributed by atoms with Crippen molar-refractivity contribution in [3.8, 4) is 11.3 Å². The van der Waals surface area contributed by atoms with E-state index in [-0.39, 0.29) is 6.04 Å². The van der Waals surface area contributed by atoms with Crippen molar-refractivity contribution in [2.75, 3.05) is 0 Å². The minimum Gasteiger partial charge on any atom is -0.387 e. The van der Waals surface area contributed by atoms with E-state index in [0.29, 0.717) is 5.41 Å². The molecule has 4 rings (SSSR count). The molecule has 1 N–H and O–H groups in total. The first-order chi connectivity index (χ1) is 10.0. The van der Waals surface area contributed by atoms with Crippen molar-refractivity contribution < 1.29 is 5.11 Å². The van der Waals surface area contributed by atoms with E-state index in [0.717, 1.165) is 31.4 Å². The van der Waals surface area contributed by atoms with Crippen molar-refractivity contribution in [2.24, 2.45) is 5.41 Å². The van der Waals surface area contributed by atoms with Gasteiger partial charge in [-0.2, -0.15) is 0 Å². The molecule has 1 aromatic heterocycles. The number of rotatable bonds is 1. The number of hydrogen-bond donors (Lipinski definition) is 1. The summed E-state index contributed by atoms with van der Waals surface area (Å²) in [4.78, 5) is 4.30. The van der Waals surface area contributed by atoms with Crippen LogP contribution in [0.4, 0.5) is 0 Å². The fourth-order valence-corrected chi connectivity index (χ4v) is 4.02. The van der Waals surface area contributed by atoms with Crippen molar-refractivity contribution in [3.05, 3.63) is 42.4 Å². The summed E-state index contributed by atoms with van der Waals surface area (Å²) in [6.07, 6.45) is 7.65. The zero-order valence-corrected chi connectivity index (χ0v) is 12.7. The van der Waals surface area contributed by atoms with E-state index in [1.807, 2.05) is 12.5 Å². The fraction of sp³-hybridized carbons (Fsp3) is 0.500. The van der Waals surface area contributed by atoms with Gasteiger partial charge in [0.1, 0.15) is 0 Å². The molecule has 21 heavy (non-hydrogen) atoms. The molecule has 0 radical (unpaired) electrons. The molecule has 1 fully saturated rings. The first kappa shape index (κ1) is 13.1. The predicted molar refractivity (Wildman–Crippen MR) is 83.0 cm³/mol. The molecule has 1 aromatic carbocycles. The van der Waals surface area contributed by atoms with Crippen LogP contribution < -0.4 is 0 Å². The van der Waals surface area contributed by atoms with Crippen molar-refractivity contribution in [1.29, 1.82) is 0 Å². The van der Waals surface area contributed by atoms with E-state index < -0.39 is 5.60 Å². The fourth-order valence-electron chi connectivity index (χ4n) is 4.02. The number of nitrogens with zero attached hydrogens (tertiary/aromatic N) is 2. The van der Waals surface area contributed by atoms with Crippen LogP contribution >= 0.6 is 0 Å².